The van der Waals surface area contributed by atoms with Gasteiger partial charge in [-0.2, -0.15) is 25.3 Å². The number of rotatable bonds is 23. The second-order valence-electron chi connectivity index (χ2n) is 10.1. The molecule has 0 aromatic heterocycles. The third kappa shape index (κ3) is 16.3. The van der Waals surface area contributed by atoms with E-state index >= 15 is 0 Å². The van der Waals surface area contributed by atoms with Crippen molar-refractivity contribution < 1.29 is 19.1 Å². The molecule has 0 aliphatic heterocycles. The van der Waals surface area contributed by atoms with Gasteiger partial charge in [0.15, 0.2) is 0 Å². The summed E-state index contributed by atoms with van der Waals surface area (Å²) >= 11 is 8.64. The number of nitrogens with two attached hydrogens (primary N) is 4. The first kappa shape index (κ1) is 37.0. The molecule has 3 atom stereocenters. The van der Waals surface area contributed by atoms with Gasteiger partial charge in [-0.1, -0.05) is 12.5 Å². The van der Waals surface area contributed by atoms with Crippen LogP contribution in [-0.4, -0.2) is 68.6 Å². The Morgan fingerprint density at radius 2 is 1.15 bits per heavy atom. The van der Waals surface area contributed by atoms with E-state index in [4.69, 9.17) is 27.7 Å². The van der Waals surface area contributed by atoms with Gasteiger partial charge in [-0.15, -0.1) is 0 Å². The second-order valence-corrected chi connectivity index (χ2v) is 10.7. The minimum absolute atomic E-state index is 0.162. The van der Waals surface area contributed by atoms with Crippen LogP contribution in [0.15, 0.2) is 18.2 Å². The van der Waals surface area contributed by atoms with Gasteiger partial charge in [-0.05, 0) is 81.2 Å². The Bertz CT molecular complexity index is 910. The molecule has 0 saturated heterocycles. The first-order valence-electron chi connectivity index (χ1n) is 14.5. The fourth-order valence-electron chi connectivity index (χ4n) is 4.03. The summed E-state index contributed by atoms with van der Waals surface area (Å²) in [5.74, 6) is 1.36. The molecule has 0 aliphatic rings. The topological polar surface area (TPSA) is 201 Å². The number of benzene rings is 1. The number of thiol groups is 2. The molecule has 1 rings (SSSR count). The van der Waals surface area contributed by atoms with Gasteiger partial charge in [0.1, 0.15) is 12.4 Å². The number of nitrogens with one attached hydrogen (secondary N) is 3. The monoisotopic (exact) mass is 613 g/mol. The Labute approximate surface area is 255 Å². The van der Waals surface area contributed by atoms with Crippen molar-refractivity contribution in [3.05, 3.63) is 29.3 Å². The van der Waals surface area contributed by atoms with Gasteiger partial charge in [0, 0.05) is 24.6 Å². The fraction of sp³-hybridized carbons (Fsp3) is 0.679. The van der Waals surface area contributed by atoms with Gasteiger partial charge in [-0.25, -0.2) is 0 Å². The lowest BCUT2D eigenvalue weighted by Gasteiger charge is -2.15. The first-order valence-corrected chi connectivity index (χ1v) is 15.8. The maximum Gasteiger partial charge on any atom is 0.237 e. The fourth-order valence-corrected chi connectivity index (χ4v) is 4.64. The van der Waals surface area contributed by atoms with Crippen molar-refractivity contribution in [2.45, 2.75) is 87.4 Å². The van der Waals surface area contributed by atoms with Crippen molar-refractivity contribution in [3.63, 3.8) is 0 Å². The van der Waals surface area contributed by atoms with Gasteiger partial charge >= 0.3 is 0 Å². The molecule has 1 aromatic rings. The van der Waals surface area contributed by atoms with Crippen molar-refractivity contribution in [2.24, 2.45) is 22.9 Å². The van der Waals surface area contributed by atoms with E-state index in [1.807, 2.05) is 18.2 Å². The molecule has 0 spiro atoms. The lowest BCUT2D eigenvalue weighted by Crippen LogP contribution is -2.42. The van der Waals surface area contributed by atoms with Crippen LogP contribution in [0, 0.1) is 0 Å². The molecule has 11 nitrogen and oxygen atoms in total. The molecule has 0 aliphatic carbocycles. The number of ether oxygens (including phenoxy) is 1. The zero-order valence-electron chi connectivity index (χ0n) is 24.1. The quantitative estimate of drug-likeness (QED) is 0.0635. The standard InChI is InChI=1S/C28H51N7O4S2/c29-12-4-1-7-23(30)26(36)33-13-5-2-8-24(31)27(37)34-14-6-3-9-25(32)28(38)35-15-16-39-22-11-10-20(18-40)21(17-22)19-41/h10-11,17,23-25,40-41H,1-9,12-16,18-19,29-32H2,(H,33,36)(H,34,37)(H,35,38). The van der Waals surface area contributed by atoms with Crippen molar-refractivity contribution in [1.29, 1.82) is 0 Å². The lowest BCUT2D eigenvalue weighted by atomic mass is 10.1. The van der Waals surface area contributed by atoms with E-state index in [0.29, 0.717) is 82.8 Å². The Morgan fingerprint density at radius 1 is 0.683 bits per heavy atom. The van der Waals surface area contributed by atoms with Gasteiger partial charge in [0.25, 0.3) is 0 Å². The molecule has 0 saturated carbocycles. The van der Waals surface area contributed by atoms with Crippen LogP contribution in [0.2, 0.25) is 0 Å². The highest BCUT2D eigenvalue weighted by atomic mass is 32.1. The van der Waals surface area contributed by atoms with Gasteiger partial charge < -0.3 is 43.6 Å². The van der Waals surface area contributed by atoms with Gasteiger partial charge in [0.2, 0.25) is 17.7 Å². The van der Waals surface area contributed by atoms with Crippen molar-refractivity contribution in [2.75, 3.05) is 32.8 Å². The SMILES string of the molecule is NCCCCC(N)C(=O)NCCCCC(N)C(=O)NCCCCC(N)C(=O)NCCOc1ccc(CS)c(CS)c1. The second kappa shape index (κ2) is 22.6. The summed E-state index contributed by atoms with van der Waals surface area (Å²) in [6.45, 7) is 2.24. The van der Waals surface area contributed by atoms with Crippen LogP contribution < -0.4 is 43.6 Å². The zero-order chi connectivity index (χ0) is 30.5. The van der Waals surface area contributed by atoms with Crippen LogP contribution in [0.5, 0.6) is 5.75 Å². The maximum atomic E-state index is 12.2. The average molecular weight is 614 g/mol. The van der Waals surface area contributed by atoms with E-state index in [1.54, 1.807) is 0 Å². The van der Waals surface area contributed by atoms with E-state index in [2.05, 4.69) is 41.2 Å². The highest BCUT2D eigenvalue weighted by Gasteiger charge is 2.15. The van der Waals surface area contributed by atoms with Crippen LogP contribution in [0.3, 0.4) is 0 Å². The smallest absolute Gasteiger partial charge is 0.237 e. The minimum atomic E-state index is -0.626. The van der Waals surface area contributed by atoms with Gasteiger partial charge in [0.05, 0.1) is 24.7 Å². The predicted octanol–water partition coefficient (Wildman–Crippen LogP) is 0.725. The molecular weight excluding hydrogens is 562 g/mol. The Hall–Kier alpha value is -2.03. The van der Waals surface area contributed by atoms with E-state index in [9.17, 15) is 14.4 Å². The number of hydrogen-bond donors (Lipinski definition) is 9. The molecule has 41 heavy (non-hydrogen) atoms. The van der Waals surface area contributed by atoms with Crippen LogP contribution in [0.1, 0.15) is 68.9 Å². The zero-order valence-corrected chi connectivity index (χ0v) is 25.9. The third-order valence-electron chi connectivity index (χ3n) is 6.65. The van der Waals surface area contributed by atoms with Crippen molar-refractivity contribution in [1.82, 2.24) is 16.0 Å². The molecule has 0 radical (unpaired) electrons. The largest absolute Gasteiger partial charge is 0.492 e. The van der Waals surface area contributed by atoms with E-state index in [1.165, 1.54) is 0 Å². The van der Waals surface area contributed by atoms with Crippen molar-refractivity contribution >= 4 is 43.0 Å². The molecule has 11 N–H and O–H groups in total. The van der Waals surface area contributed by atoms with E-state index in [0.717, 1.165) is 36.1 Å². The summed E-state index contributed by atoms with van der Waals surface area (Å²) < 4.78 is 5.71. The highest BCUT2D eigenvalue weighted by Crippen LogP contribution is 2.20. The summed E-state index contributed by atoms with van der Waals surface area (Å²) in [7, 11) is 0. The number of amides is 3. The van der Waals surface area contributed by atoms with E-state index < -0.39 is 18.1 Å². The molecular formula is C28H51N7O4S2. The number of unbranched alkanes of at least 4 members (excludes halogenated alkanes) is 3. The predicted molar refractivity (Wildman–Crippen MR) is 171 cm³/mol. The minimum Gasteiger partial charge on any atom is -0.492 e. The van der Waals surface area contributed by atoms with Gasteiger partial charge in [-0.3, -0.25) is 14.4 Å². The number of carbonyl (C=O) groups is 3. The molecule has 234 valence electrons. The Morgan fingerprint density at radius 3 is 1.61 bits per heavy atom. The maximum absolute atomic E-state index is 12.2. The highest BCUT2D eigenvalue weighted by molar-refractivity contribution is 7.79. The normalized spacial score (nSPS) is 13.2. The Balaban J connectivity index is 2.08. The summed E-state index contributed by atoms with van der Waals surface area (Å²) in [6, 6.07) is 4.03. The lowest BCUT2D eigenvalue weighted by molar-refractivity contribution is -0.123. The molecule has 0 bridgehead atoms. The van der Waals surface area contributed by atoms with Crippen molar-refractivity contribution in [3.8, 4) is 5.75 Å². The van der Waals surface area contributed by atoms with Crippen LogP contribution in [-0.2, 0) is 25.9 Å². The average Bonchev–Trinajstić information content (AvgIpc) is 2.98. The third-order valence-corrected chi connectivity index (χ3v) is 7.33. The van der Waals surface area contributed by atoms with Crippen LogP contribution >= 0.6 is 25.3 Å². The molecule has 3 amide bonds. The first-order chi connectivity index (χ1) is 19.7. The number of carbonyl (C=O) groups excluding carboxylic acids is 3. The molecule has 1 aromatic carbocycles. The molecule has 13 heteroatoms. The summed E-state index contributed by atoms with van der Waals surface area (Å²) in [5, 5.41) is 8.44. The molecule has 0 fully saturated rings. The molecule has 3 unspecified atom stereocenters. The summed E-state index contributed by atoms with van der Waals surface area (Å²) in [5.41, 5.74) is 25.5. The summed E-state index contributed by atoms with van der Waals surface area (Å²) in [6.07, 6.45) is 6.15. The van der Waals surface area contributed by atoms with Crippen LogP contribution in [0.4, 0.5) is 0 Å². The van der Waals surface area contributed by atoms with E-state index in [-0.39, 0.29) is 17.7 Å². The Kier molecular flexibility index (Phi) is 20.4. The summed E-state index contributed by atoms with van der Waals surface area (Å²) in [4.78, 5) is 36.4. The van der Waals surface area contributed by atoms with Crippen LogP contribution in [0.25, 0.3) is 0 Å². The molecule has 0 heterocycles. The number of hydrogen-bond acceptors (Lipinski definition) is 10.